The molecule has 1 aliphatic rings. The molecular weight excluding hydrogens is 304 g/mol. The van der Waals surface area contributed by atoms with Gasteiger partial charge in [-0.25, -0.2) is 0 Å². The molecule has 1 aromatic rings. The van der Waals surface area contributed by atoms with Gasteiger partial charge in [-0.05, 0) is 37.2 Å². The summed E-state index contributed by atoms with van der Waals surface area (Å²) in [6.45, 7) is 1.55. The van der Waals surface area contributed by atoms with Gasteiger partial charge >= 0.3 is 0 Å². The molecule has 0 saturated carbocycles. The van der Waals surface area contributed by atoms with Gasteiger partial charge in [0, 0.05) is 29.7 Å². The Hall–Kier alpha value is -0.580. The molecule has 5 heteroatoms. The number of carbonyl (C=O) groups excluding carboxylic acids is 1. The summed E-state index contributed by atoms with van der Waals surface area (Å²) < 4.78 is 1.08. The topological polar surface area (TPSA) is 32.3 Å². The Labute approximate surface area is 116 Å². The molecule has 1 amide bonds. The molecule has 0 aliphatic carbocycles. The van der Waals surface area contributed by atoms with E-state index in [1.165, 1.54) is 5.56 Å². The first-order chi connectivity index (χ1) is 7.72. The molecule has 1 aliphatic heterocycles. The molecule has 1 heterocycles. The van der Waals surface area contributed by atoms with Crippen LogP contribution in [0.1, 0.15) is 12.0 Å². The van der Waals surface area contributed by atoms with Gasteiger partial charge in [-0.15, -0.1) is 12.4 Å². The van der Waals surface area contributed by atoms with Crippen LogP contribution in [-0.4, -0.2) is 26.0 Å². The van der Waals surface area contributed by atoms with Crippen molar-refractivity contribution in [3.8, 4) is 0 Å². The van der Waals surface area contributed by atoms with E-state index >= 15 is 0 Å². The molecule has 1 aromatic carbocycles. The number of nitrogens with zero attached hydrogens (tertiary/aromatic N) is 1. The minimum absolute atomic E-state index is 0. The van der Waals surface area contributed by atoms with Crippen LogP contribution in [0.4, 0.5) is 5.69 Å². The third-order valence-corrected chi connectivity index (χ3v) is 3.32. The van der Waals surface area contributed by atoms with Crippen LogP contribution in [0.3, 0.4) is 0 Å². The van der Waals surface area contributed by atoms with Crippen molar-refractivity contribution in [3.63, 3.8) is 0 Å². The van der Waals surface area contributed by atoms with Crippen LogP contribution in [0.15, 0.2) is 22.7 Å². The van der Waals surface area contributed by atoms with Gasteiger partial charge in [0.05, 0.1) is 0 Å². The Morgan fingerprint density at radius 1 is 1.53 bits per heavy atom. The van der Waals surface area contributed by atoms with Crippen LogP contribution in [0, 0.1) is 0 Å². The predicted octanol–water partition coefficient (Wildman–Crippen LogP) is 2.37. The normalized spacial score (nSPS) is 13.2. The van der Waals surface area contributed by atoms with Crippen LogP contribution in [0.2, 0.25) is 0 Å². The number of nitrogens with one attached hydrogen (secondary N) is 1. The first kappa shape index (κ1) is 14.5. The smallest absolute Gasteiger partial charge is 0.228 e. The van der Waals surface area contributed by atoms with E-state index in [1.807, 2.05) is 24.1 Å². The molecule has 0 spiro atoms. The zero-order valence-corrected chi connectivity index (χ0v) is 12.1. The summed E-state index contributed by atoms with van der Waals surface area (Å²) in [5.41, 5.74) is 2.33. The summed E-state index contributed by atoms with van der Waals surface area (Å²) in [6.07, 6.45) is 1.52. The van der Waals surface area contributed by atoms with Gasteiger partial charge < -0.3 is 10.2 Å². The maximum atomic E-state index is 11.9. The third kappa shape index (κ3) is 3.21. The number of anilines is 1. The molecule has 0 bridgehead atoms. The number of hydrogen-bond donors (Lipinski definition) is 1. The zero-order valence-electron chi connectivity index (χ0n) is 9.70. The van der Waals surface area contributed by atoms with E-state index in [-0.39, 0.29) is 18.3 Å². The molecule has 17 heavy (non-hydrogen) atoms. The maximum absolute atomic E-state index is 11.9. The Morgan fingerprint density at radius 2 is 2.29 bits per heavy atom. The lowest BCUT2D eigenvalue weighted by atomic mass is 10.2. The highest BCUT2D eigenvalue weighted by atomic mass is 79.9. The highest BCUT2D eigenvalue weighted by Gasteiger charge is 2.23. The molecule has 94 valence electrons. The van der Waals surface area contributed by atoms with Crippen molar-refractivity contribution in [2.45, 2.75) is 12.8 Å². The van der Waals surface area contributed by atoms with Crippen molar-refractivity contribution < 1.29 is 4.79 Å². The van der Waals surface area contributed by atoms with Crippen LogP contribution >= 0.6 is 28.3 Å². The highest BCUT2D eigenvalue weighted by molar-refractivity contribution is 9.10. The molecule has 0 unspecified atom stereocenters. The zero-order chi connectivity index (χ0) is 11.5. The predicted molar refractivity (Wildman–Crippen MR) is 76.0 cm³/mol. The lowest BCUT2D eigenvalue weighted by molar-refractivity contribution is -0.118. The summed E-state index contributed by atoms with van der Waals surface area (Å²) in [7, 11) is 1.86. The van der Waals surface area contributed by atoms with Gasteiger partial charge in [0.1, 0.15) is 0 Å². The Morgan fingerprint density at radius 3 is 3.00 bits per heavy atom. The maximum Gasteiger partial charge on any atom is 0.228 e. The molecule has 0 atom stereocenters. The van der Waals surface area contributed by atoms with Gasteiger partial charge in [-0.3, -0.25) is 4.79 Å². The number of hydrogen-bond acceptors (Lipinski definition) is 2. The van der Waals surface area contributed by atoms with Gasteiger partial charge in [0.25, 0.3) is 0 Å². The van der Waals surface area contributed by atoms with Crippen molar-refractivity contribution in [3.05, 3.63) is 28.2 Å². The molecule has 0 fully saturated rings. The lowest BCUT2D eigenvalue weighted by Gasteiger charge is -2.17. The van der Waals surface area contributed by atoms with E-state index in [9.17, 15) is 4.79 Å². The fraction of sp³-hybridized carbons (Fsp3) is 0.417. The van der Waals surface area contributed by atoms with Crippen LogP contribution in [0.5, 0.6) is 0 Å². The van der Waals surface area contributed by atoms with Crippen molar-refractivity contribution in [2.75, 3.05) is 25.0 Å². The van der Waals surface area contributed by atoms with E-state index in [2.05, 4.69) is 27.3 Å². The highest BCUT2D eigenvalue weighted by Crippen LogP contribution is 2.30. The Balaban J connectivity index is 0.00000144. The fourth-order valence-electron chi connectivity index (χ4n) is 2.00. The lowest BCUT2D eigenvalue weighted by Crippen LogP contribution is -2.31. The van der Waals surface area contributed by atoms with Crippen LogP contribution in [0.25, 0.3) is 0 Å². The Bertz CT molecular complexity index is 411. The molecule has 0 radical (unpaired) electrons. The second kappa shape index (κ2) is 6.38. The molecule has 3 nitrogen and oxygen atoms in total. The van der Waals surface area contributed by atoms with E-state index in [0.717, 1.165) is 29.7 Å². The van der Waals surface area contributed by atoms with Crippen LogP contribution in [-0.2, 0) is 11.2 Å². The van der Waals surface area contributed by atoms with Crippen molar-refractivity contribution in [1.29, 1.82) is 0 Å². The summed E-state index contributed by atoms with van der Waals surface area (Å²) in [5.74, 6) is 0.204. The van der Waals surface area contributed by atoms with E-state index in [1.54, 1.807) is 0 Å². The number of benzene rings is 1. The largest absolute Gasteiger partial charge is 0.319 e. The second-order valence-electron chi connectivity index (χ2n) is 3.92. The van der Waals surface area contributed by atoms with Crippen molar-refractivity contribution in [1.82, 2.24) is 5.32 Å². The van der Waals surface area contributed by atoms with E-state index in [0.29, 0.717) is 6.42 Å². The number of carbonyl (C=O) groups is 1. The van der Waals surface area contributed by atoms with Gasteiger partial charge in [0.2, 0.25) is 5.91 Å². The molecule has 2 rings (SSSR count). The number of amides is 1. The minimum atomic E-state index is 0. The van der Waals surface area contributed by atoms with Gasteiger partial charge in [-0.2, -0.15) is 0 Å². The monoisotopic (exact) mass is 318 g/mol. The molecular formula is C12H16BrClN2O. The summed E-state index contributed by atoms with van der Waals surface area (Å²) in [4.78, 5) is 13.8. The van der Waals surface area contributed by atoms with E-state index < -0.39 is 0 Å². The minimum Gasteiger partial charge on any atom is -0.319 e. The average molecular weight is 320 g/mol. The molecule has 0 saturated heterocycles. The van der Waals surface area contributed by atoms with E-state index in [4.69, 9.17) is 0 Å². The third-order valence-electron chi connectivity index (χ3n) is 2.83. The number of fused-ring (bicyclic) bond motifs is 1. The van der Waals surface area contributed by atoms with Crippen molar-refractivity contribution in [2.24, 2.45) is 0 Å². The summed E-state index contributed by atoms with van der Waals surface area (Å²) >= 11 is 3.45. The first-order valence-corrected chi connectivity index (χ1v) is 6.25. The fourth-order valence-corrected chi connectivity index (χ4v) is 2.40. The summed E-state index contributed by atoms with van der Waals surface area (Å²) in [5, 5.41) is 3.00. The standard InChI is InChI=1S/C12H15BrN2O.ClH/c1-14-6-4-12(16)15-7-5-9-8-10(13)2-3-11(9)15;/h2-3,8,14H,4-7H2,1H3;1H. The SMILES string of the molecule is CNCCC(=O)N1CCc2cc(Br)ccc21.Cl. The molecule has 1 N–H and O–H groups in total. The molecule has 0 aromatic heterocycles. The second-order valence-corrected chi connectivity index (χ2v) is 4.84. The quantitative estimate of drug-likeness (QED) is 0.927. The average Bonchev–Trinajstić information content (AvgIpc) is 2.68. The number of rotatable bonds is 3. The summed E-state index contributed by atoms with van der Waals surface area (Å²) in [6, 6.07) is 6.10. The van der Waals surface area contributed by atoms with Crippen LogP contribution < -0.4 is 10.2 Å². The van der Waals surface area contributed by atoms with Gasteiger partial charge in [-0.1, -0.05) is 15.9 Å². The first-order valence-electron chi connectivity index (χ1n) is 5.46. The van der Waals surface area contributed by atoms with Crippen molar-refractivity contribution >= 4 is 39.9 Å². The van der Waals surface area contributed by atoms with Gasteiger partial charge in [0.15, 0.2) is 0 Å². The Kier molecular flexibility index (Phi) is 5.43. The number of halogens is 2.